The molecule has 1 fully saturated rings. The van der Waals surface area contributed by atoms with Crippen molar-refractivity contribution in [3.63, 3.8) is 0 Å². The van der Waals surface area contributed by atoms with Crippen LogP contribution in [0.5, 0.6) is 5.75 Å². The first-order valence-corrected chi connectivity index (χ1v) is 6.77. The first-order valence-electron chi connectivity index (χ1n) is 6.77. The molecule has 104 valence electrons. The lowest BCUT2D eigenvalue weighted by Crippen LogP contribution is -2.52. The second-order valence-corrected chi connectivity index (χ2v) is 5.29. The molecule has 1 saturated heterocycles. The lowest BCUT2D eigenvalue weighted by Gasteiger charge is -2.39. The summed E-state index contributed by atoms with van der Waals surface area (Å²) in [6.07, 6.45) is 1.97. The summed E-state index contributed by atoms with van der Waals surface area (Å²) >= 11 is 0. The number of nitrogens with zero attached hydrogens (tertiary/aromatic N) is 1. The molecular formula is C15H22N2O2. The number of carbonyl (C=O) groups excluding carboxylic acids is 1. The van der Waals surface area contributed by atoms with Gasteiger partial charge in [-0.3, -0.25) is 4.79 Å². The van der Waals surface area contributed by atoms with Gasteiger partial charge in [0, 0.05) is 18.6 Å². The Morgan fingerprint density at radius 3 is 2.53 bits per heavy atom. The quantitative estimate of drug-likeness (QED) is 0.897. The van der Waals surface area contributed by atoms with Crippen LogP contribution in [0.15, 0.2) is 30.3 Å². The number of para-hydroxylation sites is 1. The van der Waals surface area contributed by atoms with Gasteiger partial charge in [0.05, 0.1) is 0 Å². The topological polar surface area (TPSA) is 41.6 Å². The van der Waals surface area contributed by atoms with Crippen LogP contribution in [-0.2, 0) is 4.79 Å². The predicted octanol–water partition coefficient (Wildman–Crippen LogP) is 1.67. The van der Waals surface area contributed by atoms with Gasteiger partial charge in [0.2, 0.25) is 0 Å². The molecule has 1 amide bonds. The predicted molar refractivity (Wildman–Crippen MR) is 75.2 cm³/mol. The third-order valence-electron chi connectivity index (χ3n) is 3.93. The maximum Gasteiger partial charge on any atom is 0.260 e. The summed E-state index contributed by atoms with van der Waals surface area (Å²) in [4.78, 5) is 13.9. The molecule has 0 spiro atoms. The fourth-order valence-corrected chi connectivity index (χ4v) is 2.25. The van der Waals surface area contributed by atoms with Gasteiger partial charge in [-0.05, 0) is 38.9 Å². The number of hydrogen-bond acceptors (Lipinski definition) is 3. The van der Waals surface area contributed by atoms with Crippen molar-refractivity contribution in [1.82, 2.24) is 10.2 Å². The van der Waals surface area contributed by atoms with Gasteiger partial charge >= 0.3 is 0 Å². The fraction of sp³-hybridized carbons (Fsp3) is 0.533. The highest BCUT2D eigenvalue weighted by atomic mass is 16.5. The zero-order chi connectivity index (χ0) is 13.7. The highest BCUT2D eigenvalue weighted by molar-refractivity contribution is 5.77. The van der Waals surface area contributed by atoms with Crippen LogP contribution in [0.3, 0.4) is 0 Å². The van der Waals surface area contributed by atoms with E-state index in [2.05, 4.69) is 12.2 Å². The van der Waals surface area contributed by atoms with E-state index in [9.17, 15) is 4.79 Å². The van der Waals surface area contributed by atoms with E-state index in [0.717, 1.165) is 31.7 Å². The molecule has 0 unspecified atom stereocenters. The fourth-order valence-electron chi connectivity index (χ4n) is 2.25. The van der Waals surface area contributed by atoms with Crippen LogP contribution in [0, 0.1) is 0 Å². The maximum atomic E-state index is 12.1. The first-order chi connectivity index (χ1) is 9.13. The molecule has 0 bridgehead atoms. The lowest BCUT2D eigenvalue weighted by atomic mass is 9.90. The van der Waals surface area contributed by atoms with Crippen molar-refractivity contribution in [3.05, 3.63) is 30.3 Å². The standard InChI is InChI=1S/C15H22N2O2/c1-15(16-2)8-10-17(11-9-15)14(18)12-19-13-6-4-3-5-7-13/h3-7,16H,8-12H2,1-2H3. The Hall–Kier alpha value is -1.55. The van der Waals surface area contributed by atoms with Crippen LogP contribution in [-0.4, -0.2) is 43.1 Å². The zero-order valence-corrected chi connectivity index (χ0v) is 11.7. The molecule has 0 aliphatic carbocycles. The van der Waals surface area contributed by atoms with Crippen molar-refractivity contribution in [2.24, 2.45) is 0 Å². The number of carbonyl (C=O) groups is 1. The van der Waals surface area contributed by atoms with Crippen molar-refractivity contribution in [2.75, 3.05) is 26.7 Å². The van der Waals surface area contributed by atoms with Gasteiger partial charge in [-0.2, -0.15) is 0 Å². The van der Waals surface area contributed by atoms with Crippen molar-refractivity contribution >= 4 is 5.91 Å². The maximum absolute atomic E-state index is 12.1. The highest BCUT2D eigenvalue weighted by Crippen LogP contribution is 2.21. The zero-order valence-electron chi connectivity index (χ0n) is 11.7. The van der Waals surface area contributed by atoms with Crippen LogP contribution < -0.4 is 10.1 Å². The number of amides is 1. The van der Waals surface area contributed by atoms with E-state index in [1.807, 2.05) is 42.3 Å². The van der Waals surface area contributed by atoms with Crippen LogP contribution in [0.1, 0.15) is 19.8 Å². The molecule has 0 aromatic heterocycles. The summed E-state index contributed by atoms with van der Waals surface area (Å²) < 4.78 is 5.49. The largest absolute Gasteiger partial charge is 0.484 e. The number of likely N-dealkylation sites (tertiary alicyclic amines) is 1. The summed E-state index contributed by atoms with van der Waals surface area (Å²) in [5.74, 6) is 0.815. The highest BCUT2D eigenvalue weighted by Gasteiger charge is 2.30. The number of benzene rings is 1. The van der Waals surface area contributed by atoms with E-state index in [4.69, 9.17) is 4.74 Å². The Kier molecular flexibility index (Phi) is 4.43. The van der Waals surface area contributed by atoms with E-state index in [-0.39, 0.29) is 18.1 Å². The molecule has 0 radical (unpaired) electrons. The molecular weight excluding hydrogens is 240 g/mol. The normalized spacial score (nSPS) is 18.1. The van der Waals surface area contributed by atoms with E-state index >= 15 is 0 Å². The molecule has 1 heterocycles. The van der Waals surface area contributed by atoms with Crippen LogP contribution >= 0.6 is 0 Å². The van der Waals surface area contributed by atoms with E-state index in [1.165, 1.54) is 0 Å². The Morgan fingerprint density at radius 2 is 1.95 bits per heavy atom. The van der Waals surface area contributed by atoms with Crippen LogP contribution in [0.4, 0.5) is 0 Å². The minimum atomic E-state index is 0.0713. The van der Waals surface area contributed by atoms with Crippen molar-refractivity contribution < 1.29 is 9.53 Å². The van der Waals surface area contributed by atoms with Crippen molar-refractivity contribution in [2.45, 2.75) is 25.3 Å². The molecule has 4 heteroatoms. The van der Waals surface area contributed by atoms with Gasteiger partial charge in [0.1, 0.15) is 5.75 Å². The number of rotatable bonds is 4. The van der Waals surface area contributed by atoms with Crippen molar-refractivity contribution in [1.29, 1.82) is 0 Å². The minimum Gasteiger partial charge on any atom is -0.484 e. The SMILES string of the molecule is CNC1(C)CCN(C(=O)COc2ccccc2)CC1. The molecule has 1 aromatic carbocycles. The molecule has 4 nitrogen and oxygen atoms in total. The Labute approximate surface area is 114 Å². The number of hydrogen-bond donors (Lipinski definition) is 1. The molecule has 0 saturated carbocycles. The summed E-state index contributed by atoms with van der Waals surface area (Å²) in [6, 6.07) is 9.46. The second-order valence-electron chi connectivity index (χ2n) is 5.29. The summed E-state index contributed by atoms with van der Waals surface area (Å²) in [5, 5.41) is 3.33. The van der Waals surface area contributed by atoms with E-state index in [0.29, 0.717) is 0 Å². The van der Waals surface area contributed by atoms with E-state index in [1.54, 1.807) is 0 Å². The van der Waals surface area contributed by atoms with Gasteiger partial charge in [0.25, 0.3) is 5.91 Å². The van der Waals surface area contributed by atoms with Crippen LogP contribution in [0.2, 0.25) is 0 Å². The van der Waals surface area contributed by atoms with Crippen molar-refractivity contribution in [3.8, 4) is 5.75 Å². The molecule has 1 aliphatic rings. The van der Waals surface area contributed by atoms with Gasteiger partial charge in [0.15, 0.2) is 6.61 Å². The Bertz CT molecular complexity index is 411. The lowest BCUT2D eigenvalue weighted by molar-refractivity contribution is -0.135. The molecule has 2 rings (SSSR count). The Balaban J connectivity index is 1.79. The van der Waals surface area contributed by atoms with E-state index < -0.39 is 0 Å². The third-order valence-corrected chi connectivity index (χ3v) is 3.93. The van der Waals surface area contributed by atoms with Gasteiger partial charge < -0.3 is 15.0 Å². The molecule has 1 aromatic rings. The monoisotopic (exact) mass is 262 g/mol. The number of ether oxygens (including phenoxy) is 1. The third kappa shape index (κ3) is 3.70. The average Bonchev–Trinajstić information content (AvgIpc) is 2.47. The number of piperidine rings is 1. The van der Waals surface area contributed by atoms with Crippen LogP contribution in [0.25, 0.3) is 0 Å². The van der Waals surface area contributed by atoms with Gasteiger partial charge in [-0.1, -0.05) is 18.2 Å². The molecule has 19 heavy (non-hydrogen) atoms. The molecule has 1 aliphatic heterocycles. The average molecular weight is 262 g/mol. The smallest absolute Gasteiger partial charge is 0.260 e. The minimum absolute atomic E-state index is 0.0713. The molecule has 0 atom stereocenters. The number of nitrogens with one attached hydrogen (secondary N) is 1. The van der Waals surface area contributed by atoms with Gasteiger partial charge in [-0.25, -0.2) is 0 Å². The Morgan fingerprint density at radius 1 is 1.32 bits per heavy atom. The molecule has 1 N–H and O–H groups in total. The summed E-state index contributed by atoms with van der Waals surface area (Å²) in [7, 11) is 1.98. The van der Waals surface area contributed by atoms with Gasteiger partial charge in [-0.15, -0.1) is 0 Å². The summed E-state index contributed by atoms with van der Waals surface area (Å²) in [6.45, 7) is 3.93. The summed E-state index contributed by atoms with van der Waals surface area (Å²) in [5.41, 5.74) is 0.164. The second kappa shape index (κ2) is 6.06. The first kappa shape index (κ1) is 13.9.